The predicted octanol–water partition coefficient (Wildman–Crippen LogP) is 2.87. The average Bonchev–Trinajstić information content (AvgIpc) is 2.29. The van der Waals surface area contributed by atoms with E-state index in [4.69, 9.17) is 4.74 Å². The molecule has 0 amide bonds. The van der Waals surface area contributed by atoms with Crippen molar-refractivity contribution in [2.75, 3.05) is 11.9 Å². The number of rotatable bonds is 3. The predicted molar refractivity (Wildman–Crippen MR) is 68.5 cm³/mol. The first-order valence-electron chi connectivity index (χ1n) is 6.14. The monoisotopic (exact) mass is 233 g/mol. The maximum Gasteiger partial charge on any atom is 0.159 e. The lowest BCUT2D eigenvalue weighted by atomic mass is 10.0. The summed E-state index contributed by atoms with van der Waals surface area (Å²) in [6.45, 7) is 4.51. The molecular formula is C14H19NO2. The molecule has 1 aromatic carbocycles. The molecule has 17 heavy (non-hydrogen) atoms. The largest absolute Gasteiger partial charge is 0.382 e. The van der Waals surface area contributed by atoms with E-state index in [1.165, 1.54) is 0 Å². The van der Waals surface area contributed by atoms with Crippen LogP contribution < -0.4 is 5.32 Å². The summed E-state index contributed by atoms with van der Waals surface area (Å²) in [5.74, 6) is 0.108. The Bertz CT molecular complexity index is 386. The van der Waals surface area contributed by atoms with Gasteiger partial charge in [0.15, 0.2) is 5.78 Å². The van der Waals surface area contributed by atoms with E-state index in [0.717, 1.165) is 30.7 Å². The molecular weight excluding hydrogens is 214 g/mol. The molecule has 1 aliphatic heterocycles. The van der Waals surface area contributed by atoms with Crippen LogP contribution in [0.3, 0.4) is 0 Å². The fourth-order valence-corrected chi connectivity index (χ4v) is 2.17. The Balaban J connectivity index is 1.96. The number of anilines is 1. The molecule has 1 heterocycles. The molecule has 1 N–H and O–H groups in total. The van der Waals surface area contributed by atoms with Gasteiger partial charge < -0.3 is 10.1 Å². The molecule has 3 nitrogen and oxygen atoms in total. The van der Waals surface area contributed by atoms with Gasteiger partial charge in [-0.05, 0) is 51.0 Å². The number of hydrogen-bond donors (Lipinski definition) is 1. The van der Waals surface area contributed by atoms with Gasteiger partial charge in [-0.15, -0.1) is 0 Å². The van der Waals surface area contributed by atoms with Crippen molar-refractivity contribution in [3.63, 3.8) is 0 Å². The molecule has 2 atom stereocenters. The Morgan fingerprint density at radius 3 is 2.65 bits per heavy atom. The highest BCUT2D eigenvalue weighted by Gasteiger charge is 2.18. The van der Waals surface area contributed by atoms with Crippen LogP contribution in [0.15, 0.2) is 24.3 Å². The molecule has 0 radical (unpaired) electrons. The number of Topliss-reactive ketones (excluding diaryl/α,β-unsaturated/α-hetero) is 1. The molecule has 0 bridgehead atoms. The summed E-state index contributed by atoms with van der Waals surface area (Å²) in [6.07, 6.45) is 2.41. The van der Waals surface area contributed by atoms with E-state index < -0.39 is 0 Å². The van der Waals surface area contributed by atoms with Crippen molar-refractivity contribution in [2.24, 2.45) is 0 Å². The van der Waals surface area contributed by atoms with E-state index in [2.05, 4.69) is 12.2 Å². The zero-order chi connectivity index (χ0) is 12.3. The molecule has 2 rings (SSSR count). The van der Waals surface area contributed by atoms with Crippen LogP contribution in [0.2, 0.25) is 0 Å². The smallest absolute Gasteiger partial charge is 0.159 e. The maximum atomic E-state index is 11.2. The minimum atomic E-state index is 0.108. The number of hydrogen-bond acceptors (Lipinski definition) is 3. The van der Waals surface area contributed by atoms with E-state index in [1.807, 2.05) is 24.3 Å². The van der Waals surface area contributed by atoms with Crippen LogP contribution in [0.1, 0.15) is 37.0 Å². The van der Waals surface area contributed by atoms with Crippen LogP contribution in [-0.4, -0.2) is 24.5 Å². The fraction of sp³-hybridized carbons (Fsp3) is 0.500. The molecule has 0 aliphatic carbocycles. The van der Waals surface area contributed by atoms with Crippen LogP contribution in [0.25, 0.3) is 0 Å². The quantitative estimate of drug-likeness (QED) is 0.816. The van der Waals surface area contributed by atoms with Crippen LogP contribution >= 0.6 is 0 Å². The summed E-state index contributed by atoms with van der Waals surface area (Å²) in [4.78, 5) is 11.2. The second-order valence-electron chi connectivity index (χ2n) is 4.68. The van der Waals surface area contributed by atoms with Gasteiger partial charge in [0, 0.05) is 23.9 Å². The summed E-state index contributed by atoms with van der Waals surface area (Å²) in [5, 5.41) is 3.49. The maximum absolute atomic E-state index is 11.2. The third kappa shape index (κ3) is 3.30. The van der Waals surface area contributed by atoms with Crippen molar-refractivity contribution in [3.05, 3.63) is 29.8 Å². The normalized spacial score (nSPS) is 24.4. The van der Waals surface area contributed by atoms with E-state index in [0.29, 0.717) is 12.1 Å². The van der Waals surface area contributed by atoms with Gasteiger partial charge in [0.05, 0.1) is 6.10 Å². The van der Waals surface area contributed by atoms with E-state index in [9.17, 15) is 4.79 Å². The molecule has 0 saturated carbocycles. The van der Waals surface area contributed by atoms with Gasteiger partial charge in [0.2, 0.25) is 0 Å². The molecule has 2 unspecified atom stereocenters. The van der Waals surface area contributed by atoms with Gasteiger partial charge in [0.25, 0.3) is 0 Å². The zero-order valence-corrected chi connectivity index (χ0v) is 10.4. The molecule has 0 aromatic heterocycles. The Morgan fingerprint density at radius 1 is 1.35 bits per heavy atom. The van der Waals surface area contributed by atoms with Gasteiger partial charge in [-0.1, -0.05) is 0 Å². The van der Waals surface area contributed by atoms with Crippen molar-refractivity contribution in [2.45, 2.75) is 38.8 Å². The van der Waals surface area contributed by atoms with Crippen LogP contribution in [0.4, 0.5) is 5.69 Å². The first-order chi connectivity index (χ1) is 8.15. The first-order valence-corrected chi connectivity index (χ1v) is 6.14. The summed E-state index contributed by atoms with van der Waals surface area (Å²) in [6, 6.07) is 8.15. The topological polar surface area (TPSA) is 38.3 Å². The highest BCUT2D eigenvalue weighted by molar-refractivity contribution is 5.94. The minimum Gasteiger partial charge on any atom is -0.382 e. The highest BCUT2D eigenvalue weighted by atomic mass is 16.5. The Morgan fingerprint density at radius 2 is 2.06 bits per heavy atom. The summed E-state index contributed by atoms with van der Waals surface area (Å²) in [7, 11) is 0. The van der Waals surface area contributed by atoms with Gasteiger partial charge in [-0.3, -0.25) is 4.79 Å². The van der Waals surface area contributed by atoms with Crippen molar-refractivity contribution in [1.82, 2.24) is 0 Å². The lowest BCUT2D eigenvalue weighted by Gasteiger charge is -2.28. The Kier molecular flexibility index (Phi) is 3.79. The van der Waals surface area contributed by atoms with Crippen LogP contribution in [0.5, 0.6) is 0 Å². The molecule has 92 valence electrons. The molecule has 1 fully saturated rings. The zero-order valence-electron chi connectivity index (χ0n) is 10.4. The third-order valence-corrected chi connectivity index (χ3v) is 3.15. The van der Waals surface area contributed by atoms with E-state index in [-0.39, 0.29) is 5.78 Å². The Hall–Kier alpha value is -1.35. The van der Waals surface area contributed by atoms with Gasteiger partial charge >= 0.3 is 0 Å². The standard InChI is InChI=1S/C14H19NO2/c1-10-9-14(7-8-17-10)15-13-5-3-12(4-6-13)11(2)16/h3-6,10,14-15H,7-9H2,1-2H3. The molecule has 0 spiro atoms. The van der Waals surface area contributed by atoms with Gasteiger partial charge in [-0.2, -0.15) is 0 Å². The molecule has 1 saturated heterocycles. The second-order valence-corrected chi connectivity index (χ2v) is 4.68. The lowest BCUT2D eigenvalue weighted by Crippen LogP contribution is -2.32. The number of ether oxygens (including phenoxy) is 1. The summed E-state index contributed by atoms with van der Waals surface area (Å²) < 4.78 is 5.51. The van der Waals surface area contributed by atoms with Crippen molar-refractivity contribution in [3.8, 4) is 0 Å². The number of carbonyl (C=O) groups excluding carboxylic acids is 1. The van der Waals surface area contributed by atoms with Gasteiger partial charge in [0.1, 0.15) is 0 Å². The van der Waals surface area contributed by atoms with Gasteiger partial charge in [-0.25, -0.2) is 0 Å². The van der Waals surface area contributed by atoms with E-state index >= 15 is 0 Å². The van der Waals surface area contributed by atoms with Crippen LogP contribution in [-0.2, 0) is 4.74 Å². The number of nitrogens with one attached hydrogen (secondary N) is 1. The second kappa shape index (κ2) is 5.32. The molecule has 1 aliphatic rings. The van der Waals surface area contributed by atoms with Crippen molar-refractivity contribution >= 4 is 11.5 Å². The first kappa shape index (κ1) is 12.1. The third-order valence-electron chi connectivity index (χ3n) is 3.15. The highest BCUT2D eigenvalue weighted by Crippen LogP contribution is 2.19. The van der Waals surface area contributed by atoms with E-state index in [1.54, 1.807) is 6.92 Å². The SMILES string of the molecule is CC(=O)c1ccc(NC2CCOC(C)C2)cc1. The number of carbonyl (C=O) groups is 1. The molecule has 1 aromatic rings. The van der Waals surface area contributed by atoms with Crippen LogP contribution in [0, 0.1) is 0 Å². The fourth-order valence-electron chi connectivity index (χ4n) is 2.17. The molecule has 3 heteroatoms. The summed E-state index contributed by atoms with van der Waals surface area (Å²) >= 11 is 0. The average molecular weight is 233 g/mol. The van der Waals surface area contributed by atoms with Crippen molar-refractivity contribution < 1.29 is 9.53 Å². The number of benzene rings is 1. The minimum absolute atomic E-state index is 0.108. The van der Waals surface area contributed by atoms with Crippen molar-refractivity contribution in [1.29, 1.82) is 0 Å². The Labute approximate surface area is 102 Å². The number of ketones is 1. The summed E-state index contributed by atoms with van der Waals surface area (Å²) in [5.41, 5.74) is 1.84. The lowest BCUT2D eigenvalue weighted by molar-refractivity contribution is 0.0232.